The van der Waals surface area contributed by atoms with Crippen LogP contribution < -0.4 is 5.32 Å². The van der Waals surface area contributed by atoms with Gasteiger partial charge in [-0.15, -0.1) is 0 Å². The molecule has 0 aromatic heterocycles. The van der Waals surface area contributed by atoms with Gasteiger partial charge in [-0.3, -0.25) is 9.59 Å². The minimum Gasteiger partial charge on any atom is -0.347 e. The Labute approximate surface area is 90.4 Å². The molecule has 0 aromatic rings. The fourth-order valence-corrected chi connectivity index (χ4v) is 1.09. The molecule has 0 spiro atoms. The van der Waals surface area contributed by atoms with E-state index < -0.39 is 0 Å². The molecule has 1 aliphatic rings. The van der Waals surface area contributed by atoms with Crippen molar-refractivity contribution in [3.05, 3.63) is 0 Å². The maximum absolute atomic E-state index is 11.5. The van der Waals surface area contributed by atoms with Crippen molar-refractivity contribution < 1.29 is 9.59 Å². The Hall–Kier alpha value is -1.10. The quantitative estimate of drug-likeness (QED) is 0.656. The largest absolute Gasteiger partial charge is 0.347 e. The molecule has 1 rings (SSSR count). The number of hydrogen-bond donors (Lipinski definition) is 1. The second kappa shape index (κ2) is 5.11. The fourth-order valence-electron chi connectivity index (χ4n) is 1.09. The first-order chi connectivity index (χ1) is 7.00. The molecule has 0 saturated heterocycles. The van der Waals surface area contributed by atoms with Gasteiger partial charge in [0.15, 0.2) is 0 Å². The van der Waals surface area contributed by atoms with Gasteiger partial charge in [-0.05, 0) is 12.8 Å². The Bertz CT molecular complexity index is 249. The van der Waals surface area contributed by atoms with E-state index in [1.165, 1.54) is 9.80 Å². The molecule has 0 atom stereocenters. The summed E-state index contributed by atoms with van der Waals surface area (Å²) < 4.78 is 0. The predicted molar refractivity (Wildman–Crippen MR) is 57.4 cm³/mol. The maximum Gasteiger partial charge on any atom is 0.241 e. The average Bonchev–Trinajstić information content (AvgIpc) is 2.97. The van der Waals surface area contributed by atoms with Crippen molar-refractivity contribution in [3.63, 3.8) is 0 Å². The number of likely N-dealkylation sites (N-methyl/N-ethyl adjacent to an activating group) is 2. The molecule has 0 bridgehead atoms. The van der Waals surface area contributed by atoms with Crippen LogP contribution in [0.3, 0.4) is 0 Å². The van der Waals surface area contributed by atoms with Crippen molar-refractivity contribution in [1.82, 2.24) is 15.1 Å². The molecule has 5 nitrogen and oxygen atoms in total. The number of nitrogens with zero attached hydrogens (tertiary/aromatic N) is 2. The Kier molecular flexibility index (Phi) is 4.08. The first-order valence-corrected chi connectivity index (χ1v) is 5.18. The zero-order valence-electron chi connectivity index (χ0n) is 9.62. The van der Waals surface area contributed by atoms with E-state index >= 15 is 0 Å². The van der Waals surface area contributed by atoms with Crippen LogP contribution in [-0.2, 0) is 9.59 Å². The lowest BCUT2D eigenvalue weighted by Crippen LogP contribution is -2.42. The number of rotatable bonds is 5. The Morgan fingerprint density at radius 2 is 1.80 bits per heavy atom. The molecule has 0 unspecified atom stereocenters. The van der Waals surface area contributed by atoms with E-state index in [4.69, 9.17) is 0 Å². The van der Waals surface area contributed by atoms with Crippen LogP contribution in [-0.4, -0.2) is 61.9 Å². The van der Waals surface area contributed by atoms with Gasteiger partial charge in [0.2, 0.25) is 11.8 Å². The van der Waals surface area contributed by atoms with Crippen LogP contribution in [0, 0.1) is 0 Å². The molecule has 0 aliphatic heterocycles. The molecular weight excluding hydrogens is 194 g/mol. The molecule has 0 aromatic carbocycles. The molecule has 1 aliphatic carbocycles. The summed E-state index contributed by atoms with van der Waals surface area (Å²) >= 11 is 0. The van der Waals surface area contributed by atoms with E-state index in [0.717, 1.165) is 12.8 Å². The monoisotopic (exact) mass is 213 g/mol. The summed E-state index contributed by atoms with van der Waals surface area (Å²) in [5.74, 6) is -0.0885. The molecule has 2 amide bonds. The van der Waals surface area contributed by atoms with Crippen molar-refractivity contribution in [3.8, 4) is 0 Å². The van der Waals surface area contributed by atoms with Gasteiger partial charge in [0.25, 0.3) is 0 Å². The molecule has 15 heavy (non-hydrogen) atoms. The third-order valence-corrected chi connectivity index (χ3v) is 2.42. The second-order valence-electron chi connectivity index (χ2n) is 4.19. The number of hydrogen-bond acceptors (Lipinski definition) is 3. The van der Waals surface area contributed by atoms with E-state index in [1.807, 2.05) is 0 Å². The predicted octanol–water partition coefficient (Wildman–Crippen LogP) is -0.715. The fraction of sp³-hybridized carbons (Fsp3) is 0.800. The van der Waals surface area contributed by atoms with Gasteiger partial charge >= 0.3 is 0 Å². The first kappa shape index (κ1) is 12.0. The highest BCUT2D eigenvalue weighted by molar-refractivity contribution is 5.85. The van der Waals surface area contributed by atoms with E-state index in [2.05, 4.69) is 5.32 Å². The van der Waals surface area contributed by atoms with E-state index in [-0.39, 0.29) is 18.4 Å². The average molecular weight is 213 g/mol. The summed E-state index contributed by atoms with van der Waals surface area (Å²) in [5, 5.41) is 3.12. The smallest absolute Gasteiger partial charge is 0.241 e. The lowest BCUT2D eigenvalue weighted by atomic mass is 10.4. The SMILES string of the molecule is CN(C)C(=O)CN(C)C(=O)CNC1CC1. The van der Waals surface area contributed by atoms with Gasteiger partial charge in [0, 0.05) is 27.2 Å². The highest BCUT2D eigenvalue weighted by Crippen LogP contribution is 2.17. The Balaban J connectivity index is 2.21. The van der Waals surface area contributed by atoms with Crippen LogP contribution in [0.15, 0.2) is 0 Å². The number of carbonyl (C=O) groups excluding carboxylic acids is 2. The Morgan fingerprint density at radius 3 is 2.27 bits per heavy atom. The zero-order chi connectivity index (χ0) is 11.4. The molecule has 1 N–H and O–H groups in total. The van der Waals surface area contributed by atoms with Crippen LogP contribution in [0.4, 0.5) is 0 Å². The highest BCUT2D eigenvalue weighted by atomic mass is 16.2. The summed E-state index contributed by atoms with van der Waals surface area (Å²) in [5.41, 5.74) is 0. The highest BCUT2D eigenvalue weighted by Gasteiger charge is 2.22. The Morgan fingerprint density at radius 1 is 1.20 bits per heavy atom. The van der Waals surface area contributed by atoms with E-state index in [9.17, 15) is 9.59 Å². The van der Waals surface area contributed by atoms with E-state index in [1.54, 1.807) is 21.1 Å². The first-order valence-electron chi connectivity index (χ1n) is 5.18. The van der Waals surface area contributed by atoms with Crippen LogP contribution >= 0.6 is 0 Å². The molecule has 5 heteroatoms. The molecule has 86 valence electrons. The number of nitrogens with one attached hydrogen (secondary N) is 1. The van der Waals surface area contributed by atoms with Crippen LogP contribution in [0.1, 0.15) is 12.8 Å². The summed E-state index contributed by atoms with van der Waals surface area (Å²) in [6.07, 6.45) is 2.32. The standard InChI is InChI=1S/C10H19N3O2/c1-12(2)10(15)7-13(3)9(14)6-11-8-4-5-8/h8,11H,4-7H2,1-3H3. The van der Waals surface area contributed by atoms with Crippen LogP contribution in [0.2, 0.25) is 0 Å². The van der Waals surface area contributed by atoms with Gasteiger partial charge < -0.3 is 15.1 Å². The van der Waals surface area contributed by atoms with Gasteiger partial charge in [0.1, 0.15) is 0 Å². The summed E-state index contributed by atoms with van der Waals surface area (Å²) in [7, 11) is 5.02. The summed E-state index contributed by atoms with van der Waals surface area (Å²) in [6, 6.07) is 0.520. The van der Waals surface area contributed by atoms with Crippen molar-refractivity contribution in [1.29, 1.82) is 0 Å². The van der Waals surface area contributed by atoms with Gasteiger partial charge in [0.05, 0.1) is 13.1 Å². The normalized spacial score (nSPS) is 14.9. The topological polar surface area (TPSA) is 52.7 Å². The van der Waals surface area contributed by atoms with Crippen molar-refractivity contribution >= 4 is 11.8 Å². The van der Waals surface area contributed by atoms with Crippen molar-refractivity contribution in [2.45, 2.75) is 18.9 Å². The third-order valence-electron chi connectivity index (χ3n) is 2.42. The molecule has 0 radical (unpaired) electrons. The number of amides is 2. The maximum atomic E-state index is 11.5. The van der Waals surface area contributed by atoms with Crippen LogP contribution in [0.5, 0.6) is 0 Å². The lowest BCUT2D eigenvalue weighted by molar-refractivity contribution is -0.137. The zero-order valence-corrected chi connectivity index (χ0v) is 9.62. The molecule has 0 heterocycles. The molecular formula is C10H19N3O2. The minimum atomic E-state index is -0.0581. The lowest BCUT2D eigenvalue weighted by Gasteiger charge is -2.19. The van der Waals surface area contributed by atoms with Gasteiger partial charge in [-0.25, -0.2) is 0 Å². The molecule has 1 saturated carbocycles. The van der Waals surface area contributed by atoms with E-state index in [0.29, 0.717) is 12.6 Å². The minimum absolute atomic E-state index is 0.0305. The number of carbonyl (C=O) groups is 2. The van der Waals surface area contributed by atoms with Crippen LogP contribution in [0.25, 0.3) is 0 Å². The molecule has 1 fully saturated rings. The van der Waals surface area contributed by atoms with Crippen molar-refractivity contribution in [2.75, 3.05) is 34.2 Å². The second-order valence-corrected chi connectivity index (χ2v) is 4.19. The van der Waals surface area contributed by atoms with Gasteiger partial charge in [-0.2, -0.15) is 0 Å². The summed E-state index contributed by atoms with van der Waals surface area (Å²) in [6.45, 7) is 0.486. The summed E-state index contributed by atoms with van der Waals surface area (Å²) in [4.78, 5) is 25.8. The third kappa shape index (κ3) is 4.29. The van der Waals surface area contributed by atoms with Crippen molar-refractivity contribution in [2.24, 2.45) is 0 Å². The van der Waals surface area contributed by atoms with Gasteiger partial charge in [-0.1, -0.05) is 0 Å².